The Morgan fingerprint density at radius 2 is 1.76 bits per heavy atom. The second kappa shape index (κ2) is 10.9. The van der Waals surface area contributed by atoms with E-state index in [1.54, 1.807) is 29.7 Å². The number of rotatable bonds is 11. The average Bonchev–Trinajstić information content (AvgIpc) is 2.73. The molecule has 0 atom stereocenters. The van der Waals surface area contributed by atoms with Crippen molar-refractivity contribution in [2.75, 3.05) is 26.2 Å². The lowest BCUT2D eigenvalue weighted by atomic mass is 9.94. The van der Waals surface area contributed by atoms with Gasteiger partial charge in [-0.2, -0.15) is 0 Å². The molecule has 8 heteroatoms. The summed E-state index contributed by atoms with van der Waals surface area (Å²) in [5.41, 5.74) is 2.21. The maximum Gasteiger partial charge on any atom is 0.264 e. The van der Waals surface area contributed by atoms with Gasteiger partial charge in [0, 0.05) is 13.1 Å². The van der Waals surface area contributed by atoms with E-state index in [4.69, 9.17) is 4.74 Å². The van der Waals surface area contributed by atoms with Gasteiger partial charge in [-0.3, -0.25) is 10.0 Å². The van der Waals surface area contributed by atoms with Crippen molar-refractivity contribution >= 4 is 15.7 Å². The number of nitrogens with one attached hydrogen (secondary N) is 1. The van der Waals surface area contributed by atoms with E-state index < -0.39 is 20.5 Å². The van der Waals surface area contributed by atoms with Crippen LogP contribution in [-0.4, -0.2) is 55.4 Å². The first-order chi connectivity index (χ1) is 13.9. The average molecular weight is 427 g/mol. The molecule has 1 heterocycles. The Bertz CT molecular complexity index is 741. The van der Waals surface area contributed by atoms with Crippen molar-refractivity contribution in [3.05, 3.63) is 29.8 Å². The monoisotopic (exact) mass is 426 g/mol. The number of hydrogen-bond acceptors (Lipinski definition) is 6. The van der Waals surface area contributed by atoms with Gasteiger partial charge in [0.15, 0.2) is 14.6 Å². The zero-order chi connectivity index (χ0) is 21.3. The highest BCUT2D eigenvalue weighted by molar-refractivity contribution is 7.92. The van der Waals surface area contributed by atoms with E-state index in [9.17, 15) is 18.4 Å². The summed E-state index contributed by atoms with van der Waals surface area (Å²) >= 11 is 0. The minimum atomic E-state index is -3.83. The third kappa shape index (κ3) is 5.93. The van der Waals surface area contributed by atoms with Gasteiger partial charge in [-0.25, -0.2) is 13.9 Å². The zero-order valence-corrected chi connectivity index (χ0v) is 18.3. The quantitative estimate of drug-likeness (QED) is 0.321. The molecule has 1 aromatic rings. The molecule has 0 bridgehead atoms. The van der Waals surface area contributed by atoms with Crippen molar-refractivity contribution in [1.82, 2.24) is 10.4 Å². The fraction of sp³-hybridized carbons (Fsp3) is 0.667. The molecule has 2 rings (SSSR count). The van der Waals surface area contributed by atoms with Gasteiger partial charge in [-0.05, 0) is 49.9 Å². The van der Waals surface area contributed by atoms with Gasteiger partial charge in [0.2, 0.25) is 0 Å². The van der Waals surface area contributed by atoms with Crippen LogP contribution in [-0.2, 0) is 20.4 Å². The van der Waals surface area contributed by atoms with Crippen molar-refractivity contribution in [2.45, 2.75) is 62.9 Å². The number of carbonyl (C=O) groups is 1. The summed E-state index contributed by atoms with van der Waals surface area (Å²) in [6.07, 6.45) is 4.48. The van der Waals surface area contributed by atoms with Gasteiger partial charge in [-0.1, -0.05) is 38.8 Å². The SMILES string of the molecule is CCCCOc1ccc(CS(=O)(=O)C2(C(=O)NO)CCN(CCCC)CC2)cc1. The van der Waals surface area contributed by atoms with Crippen LogP contribution in [0.5, 0.6) is 5.75 Å². The summed E-state index contributed by atoms with van der Waals surface area (Å²) in [6.45, 7) is 6.77. The second-order valence-electron chi connectivity index (χ2n) is 7.74. The number of hydroxylamine groups is 1. The molecule has 2 N–H and O–H groups in total. The van der Waals surface area contributed by atoms with E-state index in [1.807, 2.05) is 0 Å². The van der Waals surface area contributed by atoms with Crippen molar-refractivity contribution in [2.24, 2.45) is 0 Å². The van der Waals surface area contributed by atoms with Crippen LogP contribution in [0.25, 0.3) is 0 Å². The Kier molecular flexibility index (Phi) is 8.92. The number of amides is 1. The van der Waals surface area contributed by atoms with Crippen LogP contribution in [0.15, 0.2) is 24.3 Å². The number of nitrogens with zero attached hydrogens (tertiary/aromatic N) is 1. The maximum absolute atomic E-state index is 13.3. The molecule has 0 radical (unpaired) electrons. The Labute approximate surface area is 174 Å². The highest BCUT2D eigenvalue weighted by Gasteiger charge is 2.51. The Hall–Kier alpha value is -1.64. The molecule has 0 saturated carbocycles. The molecular formula is C21H34N2O5S. The molecule has 164 valence electrons. The smallest absolute Gasteiger partial charge is 0.264 e. The fourth-order valence-corrected chi connectivity index (χ4v) is 5.71. The van der Waals surface area contributed by atoms with Crippen LogP contribution >= 0.6 is 0 Å². The predicted octanol–water partition coefficient (Wildman–Crippen LogP) is 2.92. The number of likely N-dealkylation sites (tertiary alicyclic amines) is 1. The summed E-state index contributed by atoms with van der Waals surface area (Å²) < 4.78 is 30.6. The topological polar surface area (TPSA) is 95.9 Å². The Balaban J connectivity index is 2.11. The molecule has 1 fully saturated rings. The van der Waals surface area contributed by atoms with Crippen molar-refractivity contribution in [3.8, 4) is 5.75 Å². The number of piperidine rings is 1. The van der Waals surface area contributed by atoms with Gasteiger partial charge < -0.3 is 9.64 Å². The summed E-state index contributed by atoms with van der Waals surface area (Å²) in [5.74, 6) is -0.372. The van der Waals surface area contributed by atoms with Crippen LogP contribution in [0.4, 0.5) is 0 Å². The Morgan fingerprint density at radius 3 is 2.31 bits per heavy atom. The largest absolute Gasteiger partial charge is 0.494 e. The van der Waals surface area contributed by atoms with Gasteiger partial charge in [-0.15, -0.1) is 0 Å². The third-order valence-electron chi connectivity index (χ3n) is 5.65. The number of carbonyl (C=O) groups excluding carboxylic acids is 1. The second-order valence-corrected chi connectivity index (χ2v) is 10.0. The molecule has 0 spiro atoms. The molecule has 1 saturated heterocycles. The molecule has 29 heavy (non-hydrogen) atoms. The minimum absolute atomic E-state index is 0.184. The first-order valence-electron chi connectivity index (χ1n) is 10.5. The summed E-state index contributed by atoms with van der Waals surface area (Å²) in [4.78, 5) is 14.7. The molecule has 0 aromatic heterocycles. The van der Waals surface area contributed by atoms with Gasteiger partial charge >= 0.3 is 0 Å². The standard InChI is InChI=1S/C21H34N2O5S/c1-3-5-13-23-14-11-21(12-15-23,20(24)22-25)29(26,27)17-18-7-9-19(10-8-18)28-16-6-4-2/h7-10,25H,3-6,11-17H2,1-2H3,(H,22,24). The highest BCUT2D eigenvalue weighted by Crippen LogP contribution is 2.34. The van der Waals surface area contributed by atoms with Gasteiger partial charge in [0.25, 0.3) is 5.91 Å². The zero-order valence-electron chi connectivity index (χ0n) is 17.5. The Morgan fingerprint density at radius 1 is 1.14 bits per heavy atom. The third-order valence-corrected chi connectivity index (χ3v) is 8.15. The molecule has 1 amide bonds. The molecule has 1 aliphatic heterocycles. The van der Waals surface area contributed by atoms with E-state index in [0.29, 0.717) is 31.0 Å². The molecular weight excluding hydrogens is 392 g/mol. The number of sulfone groups is 1. The van der Waals surface area contributed by atoms with Gasteiger partial charge in [0.05, 0.1) is 12.4 Å². The lowest BCUT2D eigenvalue weighted by Gasteiger charge is -2.39. The van der Waals surface area contributed by atoms with Crippen molar-refractivity contribution in [1.29, 1.82) is 0 Å². The lowest BCUT2D eigenvalue weighted by molar-refractivity contribution is -0.133. The number of unbranched alkanes of at least 4 members (excludes halogenated alkanes) is 2. The summed E-state index contributed by atoms with van der Waals surface area (Å²) in [7, 11) is -3.83. The van der Waals surface area contributed by atoms with Gasteiger partial charge in [0.1, 0.15) is 5.75 Å². The molecule has 7 nitrogen and oxygen atoms in total. The van der Waals surface area contributed by atoms with E-state index >= 15 is 0 Å². The lowest BCUT2D eigenvalue weighted by Crippen LogP contribution is -2.58. The highest BCUT2D eigenvalue weighted by atomic mass is 32.2. The maximum atomic E-state index is 13.3. The van der Waals surface area contributed by atoms with Crippen LogP contribution in [0.3, 0.4) is 0 Å². The summed E-state index contributed by atoms with van der Waals surface area (Å²) in [5, 5.41) is 9.23. The normalized spacial score (nSPS) is 17.1. The minimum Gasteiger partial charge on any atom is -0.494 e. The number of hydrogen-bond donors (Lipinski definition) is 2. The fourth-order valence-electron chi connectivity index (χ4n) is 3.67. The predicted molar refractivity (Wildman–Crippen MR) is 113 cm³/mol. The number of ether oxygens (including phenoxy) is 1. The molecule has 0 aliphatic carbocycles. The molecule has 0 unspecified atom stereocenters. The molecule has 1 aliphatic rings. The number of benzene rings is 1. The van der Waals surface area contributed by atoms with E-state index in [0.717, 1.165) is 32.2 Å². The van der Waals surface area contributed by atoms with Crippen molar-refractivity contribution < 1.29 is 23.2 Å². The van der Waals surface area contributed by atoms with Crippen molar-refractivity contribution in [3.63, 3.8) is 0 Å². The van der Waals surface area contributed by atoms with E-state index in [1.165, 1.54) is 0 Å². The molecule has 1 aromatic carbocycles. The van der Waals surface area contributed by atoms with Crippen LogP contribution in [0.2, 0.25) is 0 Å². The van der Waals surface area contributed by atoms with Crippen LogP contribution in [0.1, 0.15) is 57.9 Å². The summed E-state index contributed by atoms with van der Waals surface area (Å²) in [6, 6.07) is 6.96. The van der Waals surface area contributed by atoms with E-state index in [-0.39, 0.29) is 18.6 Å². The van der Waals surface area contributed by atoms with E-state index in [2.05, 4.69) is 18.7 Å². The van der Waals surface area contributed by atoms with Crippen LogP contribution < -0.4 is 10.2 Å². The first kappa shape index (κ1) is 23.6. The first-order valence-corrected chi connectivity index (χ1v) is 12.1. The van der Waals surface area contributed by atoms with Crippen LogP contribution in [0, 0.1) is 0 Å².